The average Bonchev–Trinajstić information content (AvgIpc) is 2.74. The SMILES string of the molecule is COCC1CCN(C(=O)C(CS)NC(C)=O)C1. The second kappa shape index (κ2) is 6.86. The maximum absolute atomic E-state index is 12.1. The van der Waals surface area contributed by atoms with E-state index in [0.717, 1.165) is 13.0 Å². The van der Waals surface area contributed by atoms with Gasteiger partial charge >= 0.3 is 0 Å². The van der Waals surface area contributed by atoms with E-state index in [2.05, 4.69) is 17.9 Å². The minimum absolute atomic E-state index is 0.0474. The van der Waals surface area contributed by atoms with Crippen LogP contribution in [0, 0.1) is 5.92 Å². The number of likely N-dealkylation sites (tertiary alicyclic amines) is 1. The largest absolute Gasteiger partial charge is 0.384 e. The highest BCUT2D eigenvalue weighted by atomic mass is 32.1. The second-order valence-electron chi connectivity index (χ2n) is 4.33. The summed E-state index contributed by atoms with van der Waals surface area (Å²) in [4.78, 5) is 24.8. The minimum Gasteiger partial charge on any atom is -0.384 e. The van der Waals surface area contributed by atoms with Gasteiger partial charge in [-0.3, -0.25) is 9.59 Å². The van der Waals surface area contributed by atoms with Crippen molar-refractivity contribution in [3.05, 3.63) is 0 Å². The number of amides is 2. The quantitative estimate of drug-likeness (QED) is 0.680. The number of carbonyl (C=O) groups excluding carboxylic acids is 2. The van der Waals surface area contributed by atoms with Gasteiger partial charge in [-0.2, -0.15) is 12.6 Å². The van der Waals surface area contributed by atoms with Crippen LogP contribution in [0.5, 0.6) is 0 Å². The lowest BCUT2D eigenvalue weighted by Gasteiger charge is -2.22. The van der Waals surface area contributed by atoms with Crippen molar-refractivity contribution >= 4 is 24.4 Å². The Morgan fingerprint density at radius 2 is 2.29 bits per heavy atom. The number of thiol groups is 1. The highest BCUT2D eigenvalue weighted by Crippen LogP contribution is 2.17. The zero-order chi connectivity index (χ0) is 12.8. The molecule has 0 aromatic carbocycles. The Hall–Kier alpha value is -0.750. The first-order valence-electron chi connectivity index (χ1n) is 5.74. The predicted octanol–water partition coefficient (Wildman–Crippen LogP) is -0.0842. The molecule has 5 nitrogen and oxygen atoms in total. The zero-order valence-corrected chi connectivity index (χ0v) is 11.2. The van der Waals surface area contributed by atoms with Crippen molar-refractivity contribution in [1.82, 2.24) is 10.2 Å². The molecule has 2 atom stereocenters. The van der Waals surface area contributed by atoms with Gasteiger partial charge in [-0.15, -0.1) is 0 Å². The first-order valence-corrected chi connectivity index (χ1v) is 6.37. The topological polar surface area (TPSA) is 58.6 Å². The molecule has 0 radical (unpaired) electrons. The van der Waals surface area contributed by atoms with Gasteiger partial charge in [0.25, 0.3) is 0 Å². The van der Waals surface area contributed by atoms with Crippen molar-refractivity contribution < 1.29 is 14.3 Å². The zero-order valence-electron chi connectivity index (χ0n) is 10.3. The molecule has 1 rings (SSSR count). The Kier molecular flexibility index (Phi) is 5.77. The summed E-state index contributed by atoms with van der Waals surface area (Å²) in [5, 5.41) is 2.62. The lowest BCUT2D eigenvalue weighted by molar-refractivity contribution is -0.134. The number of hydrogen-bond acceptors (Lipinski definition) is 4. The number of methoxy groups -OCH3 is 1. The summed E-state index contributed by atoms with van der Waals surface area (Å²) in [6.45, 7) is 3.52. The van der Waals surface area contributed by atoms with Crippen LogP contribution in [0.4, 0.5) is 0 Å². The Bertz CT molecular complexity index is 286. The number of hydrogen-bond donors (Lipinski definition) is 2. The highest BCUT2D eigenvalue weighted by Gasteiger charge is 2.30. The van der Waals surface area contributed by atoms with E-state index in [1.807, 2.05) is 0 Å². The smallest absolute Gasteiger partial charge is 0.246 e. The molecule has 0 saturated carbocycles. The van der Waals surface area contributed by atoms with E-state index < -0.39 is 6.04 Å². The number of carbonyl (C=O) groups is 2. The van der Waals surface area contributed by atoms with E-state index in [9.17, 15) is 9.59 Å². The van der Waals surface area contributed by atoms with Gasteiger partial charge in [-0.05, 0) is 6.42 Å². The third-order valence-corrected chi connectivity index (χ3v) is 3.22. The van der Waals surface area contributed by atoms with Crippen LogP contribution in [0.1, 0.15) is 13.3 Å². The Labute approximate surface area is 107 Å². The van der Waals surface area contributed by atoms with Gasteiger partial charge in [0.05, 0.1) is 6.61 Å². The van der Waals surface area contributed by atoms with Gasteiger partial charge in [0.2, 0.25) is 11.8 Å². The third-order valence-electron chi connectivity index (χ3n) is 2.86. The second-order valence-corrected chi connectivity index (χ2v) is 4.70. The normalized spacial score (nSPS) is 21.4. The van der Waals surface area contributed by atoms with E-state index in [-0.39, 0.29) is 11.8 Å². The van der Waals surface area contributed by atoms with Crippen LogP contribution in [0.25, 0.3) is 0 Å². The van der Waals surface area contributed by atoms with Gasteiger partial charge in [0.1, 0.15) is 6.04 Å². The fourth-order valence-electron chi connectivity index (χ4n) is 2.06. The first kappa shape index (κ1) is 14.3. The van der Waals surface area contributed by atoms with Gasteiger partial charge in [0.15, 0.2) is 0 Å². The fraction of sp³-hybridized carbons (Fsp3) is 0.818. The van der Waals surface area contributed by atoms with Gasteiger partial charge in [-0.25, -0.2) is 0 Å². The fourth-order valence-corrected chi connectivity index (χ4v) is 2.30. The van der Waals surface area contributed by atoms with E-state index in [4.69, 9.17) is 4.74 Å². The molecule has 0 spiro atoms. The van der Waals surface area contributed by atoms with Crippen LogP contribution in [-0.4, -0.2) is 55.3 Å². The van der Waals surface area contributed by atoms with Crippen LogP contribution in [-0.2, 0) is 14.3 Å². The van der Waals surface area contributed by atoms with Gasteiger partial charge in [0, 0.05) is 38.8 Å². The molecule has 1 N–H and O–H groups in total. The van der Waals surface area contributed by atoms with Crippen molar-refractivity contribution in [2.75, 3.05) is 32.6 Å². The van der Waals surface area contributed by atoms with Crippen LogP contribution in [0.15, 0.2) is 0 Å². The maximum atomic E-state index is 12.1. The highest BCUT2D eigenvalue weighted by molar-refractivity contribution is 7.80. The summed E-state index contributed by atoms with van der Waals surface area (Å²) in [6.07, 6.45) is 0.957. The molecule has 1 heterocycles. The summed E-state index contributed by atoms with van der Waals surface area (Å²) < 4.78 is 5.08. The van der Waals surface area contributed by atoms with Crippen molar-refractivity contribution in [3.8, 4) is 0 Å². The molecule has 1 saturated heterocycles. The summed E-state index contributed by atoms with van der Waals surface area (Å²) >= 11 is 4.10. The summed E-state index contributed by atoms with van der Waals surface area (Å²) in [5.74, 6) is 0.477. The molecule has 6 heteroatoms. The minimum atomic E-state index is -0.517. The first-order chi connectivity index (χ1) is 8.08. The third kappa shape index (κ3) is 4.20. The van der Waals surface area contributed by atoms with Crippen LogP contribution in [0.3, 0.4) is 0 Å². The van der Waals surface area contributed by atoms with Crippen LogP contribution >= 0.6 is 12.6 Å². The standard InChI is InChI=1S/C11H20N2O3S/c1-8(14)12-10(7-17)11(15)13-4-3-9(5-13)6-16-2/h9-10,17H,3-7H2,1-2H3,(H,12,14). The molecule has 1 fully saturated rings. The molecule has 2 amide bonds. The Morgan fingerprint density at radius 1 is 1.59 bits per heavy atom. The average molecular weight is 260 g/mol. The molecule has 0 aromatic rings. The number of ether oxygens (including phenoxy) is 1. The molecule has 1 aliphatic heterocycles. The monoisotopic (exact) mass is 260 g/mol. The van der Waals surface area contributed by atoms with Crippen molar-refractivity contribution in [3.63, 3.8) is 0 Å². The number of nitrogens with zero attached hydrogens (tertiary/aromatic N) is 1. The molecule has 0 bridgehead atoms. The molecule has 0 aromatic heterocycles. The lowest BCUT2D eigenvalue weighted by atomic mass is 10.1. The Morgan fingerprint density at radius 3 is 2.82 bits per heavy atom. The van der Waals surface area contributed by atoms with Gasteiger partial charge in [-0.1, -0.05) is 0 Å². The van der Waals surface area contributed by atoms with E-state index in [0.29, 0.717) is 24.8 Å². The maximum Gasteiger partial charge on any atom is 0.246 e. The molecular formula is C11H20N2O3S. The van der Waals surface area contributed by atoms with Crippen molar-refractivity contribution in [2.24, 2.45) is 5.92 Å². The predicted molar refractivity (Wildman–Crippen MR) is 68.0 cm³/mol. The van der Waals surface area contributed by atoms with E-state index in [1.54, 1.807) is 12.0 Å². The van der Waals surface area contributed by atoms with Crippen molar-refractivity contribution in [1.29, 1.82) is 0 Å². The summed E-state index contributed by atoms with van der Waals surface area (Å²) in [6, 6.07) is -0.517. The molecule has 1 aliphatic rings. The molecule has 17 heavy (non-hydrogen) atoms. The van der Waals surface area contributed by atoms with Crippen LogP contribution in [0.2, 0.25) is 0 Å². The van der Waals surface area contributed by atoms with E-state index in [1.165, 1.54) is 6.92 Å². The molecular weight excluding hydrogens is 240 g/mol. The summed E-state index contributed by atoms with van der Waals surface area (Å²) in [7, 11) is 1.66. The summed E-state index contributed by atoms with van der Waals surface area (Å²) in [5.41, 5.74) is 0. The number of rotatable bonds is 5. The Balaban J connectivity index is 2.49. The van der Waals surface area contributed by atoms with E-state index >= 15 is 0 Å². The van der Waals surface area contributed by atoms with Crippen LogP contribution < -0.4 is 5.32 Å². The molecule has 0 aliphatic carbocycles. The molecule has 2 unspecified atom stereocenters. The van der Waals surface area contributed by atoms with Crippen molar-refractivity contribution in [2.45, 2.75) is 19.4 Å². The molecule has 98 valence electrons. The van der Waals surface area contributed by atoms with Gasteiger partial charge < -0.3 is 15.0 Å². The number of nitrogens with one attached hydrogen (secondary N) is 1. The lowest BCUT2D eigenvalue weighted by Crippen LogP contribution is -2.48.